The summed E-state index contributed by atoms with van der Waals surface area (Å²) >= 11 is 0. The minimum atomic E-state index is -0.455. The van der Waals surface area contributed by atoms with Crippen molar-refractivity contribution in [1.29, 1.82) is 0 Å². The average Bonchev–Trinajstić information content (AvgIpc) is 2.64. The molecule has 1 aliphatic rings. The molecular weight excluding hydrogens is 231 g/mol. The number of benzene rings is 1. The van der Waals surface area contributed by atoms with Crippen LogP contribution in [0.1, 0.15) is 38.1 Å². The van der Waals surface area contributed by atoms with Crippen LogP contribution < -0.4 is 11.1 Å². The van der Waals surface area contributed by atoms with E-state index >= 15 is 0 Å². The number of amides is 1. The fourth-order valence-corrected chi connectivity index (χ4v) is 2.49. The van der Waals surface area contributed by atoms with Gasteiger partial charge in [0.2, 0.25) is 0 Å². The highest BCUT2D eigenvalue weighted by molar-refractivity contribution is 5.99. The number of carbonyl (C=O) groups is 1. The van der Waals surface area contributed by atoms with Gasteiger partial charge in [0.15, 0.2) is 0 Å². The molecule has 4 heteroatoms. The van der Waals surface area contributed by atoms with Crippen molar-refractivity contribution in [1.82, 2.24) is 5.32 Å². The van der Waals surface area contributed by atoms with E-state index in [1.807, 2.05) is 0 Å². The maximum atomic E-state index is 13.1. The third-order valence-corrected chi connectivity index (χ3v) is 4.56. The minimum absolute atomic E-state index is 0.0464. The molecule has 0 aliphatic heterocycles. The highest BCUT2D eigenvalue weighted by Gasteiger charge is 2.65. The molecule has 1 aromatic carbocycles. The molecule has 0 atom stereocenters. The van der Waals surface area contributed by atoms with E-state index in [-0.39, 0.29) is 28.3 Å². The maximum absolute atomic E-state index is 13.1. The van der Waals surface area contributed by atoms with Gasteiger partial charge in [0.1, 0.15) is 5.82 Å². The Morgan fingerprint density at radius 2 is 1.83 bits per heavy atom. The molecule has 98 valence electrons. The van der Waals surface area contributed by atoms with Gasteiger partial charge in [-0.1, -0.05) is 27.7 Å². The van der Waals surface area contributed by atoms with Crippen LogP contribution in [-0.2, 0) is 0 Å². The summed E-state index contributed by atoms with van der Waals surface area (Å²) in [7, 11) is 0. The van der Waals surface area contributed by atoms with Crippen molar-refractivity contribution in [2.24, 2.45) is 10.8 Å². The fraction of sp³-hybridized carbons (Fsp3) is 0.500. The van der Waals surface area contributed by atoms with Crippen LogP contribution in [0.15, 0.2) is 18.2 Å². The molecule has 3 N–H and O–H groups in total. The minimum Gasteiger partial charge on any atom is -0.398 e. The molecule has 0 unspecified atom stereocenters. The summed E-state index contributed by atoms with van der Waals surface area (Å²) in [5.41, 5.74) is 6.29. The number of rotatable bonds is 2. The van der Waals surface area contributed by atoms with Gasteiger partial charge in [-0.2, -0.15) is 0 Å². The third-order valence-electron chi connectivity index (χ3n) is 4.56. The van der Waals surface area contributed by atoms with Crippen LogP contribution in [0.25, 0.3) is 0 Å². The van der Waals surface area contributed by atoms with Crippen molar-refractivity contribution in [3.63, 3.8) is 0 Å². The Hall–Kier alpha value is -1.58. The van der Waals surface area contributed by atoms with Crippen LogP contribution in [0.3, 0.4) is 0 Å². The van der Waals surface area contributed by atoms with Gasteiger partial charge in [0.25, 0.3) is 5.91 Å². The van der Waals surface area contributed by atoms with Crippen molar-refractivity contribution >= 4 is 11.6 Å². The van der Waals surface area contributed by atoms with Crippen LogP contribution in [0, 0.1) is 16.6 Å². The number of hydrogen-bond acceptors (Lipinski definition) is 2. The lowest BCUT2D eigenvalue weighted by molar-refractivity contribution is 0.0944. The second kappa shape index (κ2) is 3.70. The van der Waals surface area contributed by atoms with Gasteiger partial charge in [-0.05, 0) is 29.0 Å². The molecule has 0 spiro atoms. The summed E-state index contributed by atoms with van der Waals surface area (Å²) in [6, 6.07) is 3.91. The molecule has 0 radical (unpaired) electrons. The van der Waals surface area contributed by atoms with E-state index < -0.39 is 5.82 Å². The van der Waals surface area contributed by atoms with E-state index in [0.29, 0.717) is 5.69 Å². The monoisotopic (exact) mass is 250 g/mol. The van der Waals surface area contributed by atoms with E-state index in [1.165, 1.54) is 18.2 Å². The number of halogens is 1. The zero-order chi connectivity index (χ0) is 13.7. The molecule has 1 aliphatic carbocycles. The second-order valence-electron chi connectivity index (χ2n) is 6.08. The molecule has 1 fully saturated rings. The smallest absolute Gasteiger partial charge is 0.253 e. The molecule has 0 heterocycles. The summed E-state index contributed by atoms with van der Waals surface area (Å²) in [4.78, 5) is 12.1. The van der Waals surface area contributed by atoms with E-state index in [9.17, 15) is 9.18 Å². The van der Waals surface area contributed by atoms with E-state index in [1.54, 1.807) is 0 Å². The number of carbonyl (C=O) groups excluding carboxylic acids is 1. The highest BCUT2D eigenvalue weighted by atomic mass is 19.1. The number of nitrogen functional groups attached to an aromatic ring is 1. The Bertz CT molecular complexity index is 495. The lowest BCUT2D eigenvalue weighted by Gasteiger charge is -2.09. The summed E-state index contributed by atoms with van der Waals surface area (Å²) < 4.78 is 13.1. The van der Waals surface area contributed by atoms with Gasteiger partial charge in [0.05, 0.1) is 5.56 Å². The Morgan fingerprint density at radius 1 is 1.28 bits per heavy atom. The Morgan fingerprint density at radius 3 is 2.33 bits per heavy atom. The average molecular weight is 250 g/mol. The lowest BCUT2D eigenvalue weighted by atomic mass is 10.0. The van der Waals surface area contributed by atoms with Gasteiger partial charge in [-0.15, -0.1) is 0 Å². The molecule has 0 saturated heterocycles. The first-order valence-corrected chi connectivity index (χ1v) is 6.04. The van der Waals surface area contributed by atoms with Crippen LogP contribution in [0.5, 0.6) is 0 Å². The first-order chi connectivity index (χ1) is 8.18. The zero-order valence-electron chi connectivity index (χ0n) is 11.2. The standard InChI is InChI=1S/C14H19FN2O/c1-13(2)12(14(13,3)4)17-11(18)9-7-8(15)5-6-10(9)16/h5-7,12H,16H2,1-4H3,(H,17,18). The summed E-state index contributed by atoms with van der Waals surface area (Å²) in [6.45, 7) is 8.42. The number of hydrogen-bond donors (Lipinski definition) is 2. The largest absolute Gasteiger partial charge is 0.398 e. The predicted molar refractivity (Wildman–Crippen MR) is 69.6 cm³/mol. The van der Waals surface area contributed by atoms with Gasteiger partial charge in [-0.3, -0.25) is 4.79 Å². The van der Waals surface area contributed by atoms with E-state index in [4.69, 9.17) is 5.73 Å². The molecule has 2 rings (SSSR count). The highest BCUT2D eigenvalue weighted by Crippen LogP contribution is 2.62. The molecule has 18 heavy (non-hydrogen) atoms. The fourth-order valence-electron chi connectivity index (χ4n) is 2.49. The van der Waals surface area contributed by atoms with Crippen molar-refractivity contribution in [3.05, 3.63) is 29.6 Å². The molecule has 0 aromatic heterocycles. The Kier molecular flexibility index (Phi) is 2.65. The van der Waals surface area contributed by atoms with Crippen LogP contribution in [0.4, 0.5) is 10.1 Å². The van der Waals surface area contributed by atoms with Crippen molar-refractivity contribution < 1.29 is 9.18 Å². The van der Waals surface area contributed by atoms with Crippen molar-refractivity contribution in [2.45, 2.75) is 33.7 Å². The Labute approximate surface area is 107 Å². The summed E-state index contributed by atoms with van der Waals surface area (Å²) in [6.07, 6.45) is 0. The summed E-state index contributed by atoms with van der Waals surface area (Å²) in [5.74, 6) is -0.765. The van der Waals surface area contributed by atoms with Crippen molar-refractivity contribution in [2.75, 3.05) is 5.73 Å². The third kappa shape index (κ3) is 1.76. The number of nitrogens with one attached hydrogen (secondary N) is 1. The normalized spacial score (nSPS) is 20.5. The first kappa shape index (κ1) is 12.9. The van der Waals surface area contributed by atoms with E-state index in [0.717, 1.165) is 0 Å². The van der Waals surface area contributed by atoms with Gasteiger partial charge in [-0.25, -0.2) is 4.39 Å². The SMILES string of the molecule is CC1(C)C(NC(=O)c2cc(F)ccc2N)C1(C)C. The second-order valence-corrected chi connectivity index (χ2v) is 6.08. The number of anilines is 1. The molecule has 1 saturated carbocycles. The molecule has 0 bridgehead atoms. The Balaban J connectivity index is 2.17. The van der Waals surface area contributed by atoms with Crippen LogP contribution in [-0.4, -0.2) is 11.9 Å². The molecule has 1 amide bonds. The van der Waals surface area contributed by atoms with Gasteiger partial charge in [0, 0.05) is 11.7 Å². The zero-order valence-corrected chi connectivity index (χ0v) is 11.2. The maximum Gasteiger partial charge on any atom is 0.253 e. The molecule has 3 nitrogen and oxygen atoms in total. The first-order valence-electron chi connectivity index (χ1n) is 6.04. The van der Waals surface area contributed by atoms with Crippen LogP contribution >= 0.6 is 0 Å². The topological polar surface area (TPSA) is 55.1 Å². The van der Waals surface area contributed by atoms with Gasteiger partial charge >= 0.3 is 0 Å². The van der Waals surface area contributed by atoms with Crippen LogP contribution in [0.2, 0.25) is 0 Å². The quantitative estimate of drug-likeness (QED) is 0.793. The molecule has 1 aromatic rings. The molecular formula is C14H19FN2O. The van der Waals surface area contributed by atoms with Crippen molar-refractivity contribution in [3.8, 4) is 0 Å². The van der Waals surface area contributed by atoms with E-state index in [2.05, 4.69) is 33.0 Å². The number of nitrogens with two attached hydrogens (primary N) is 1. The predicted octanol–water partition coefficient (Wildman–Crippen LogP) is 2.57. The lowest BCUT2D eigenvalue weighted by Crippen LogP contribution is -2.30. The summed E-state index contributed by atoms with van der Waals surface area (Å²) in [5, 5.41) is 2.93. The van der Waals surface area contributed by atoms with Gasteiger partial charge < -0.3 is 11.1 Å².